The zero-order valence-corrected chi connectivity index (χ0v) is 10.3. The lowest BCUT2D eigenvalue weighted by Gasteiger charge is -2.20. The molecule has 1 fully saturated rings. The van der Waals surface area contributed by atoms with Gasteiger partial charge in [-0.15, -0.1) is 0 Å². The summed E-state index contributed by atoms with van der Waals surface area (Å²) in [5.74, 6) is -0.662. The Labute approximate surface area is 102 Å². The highest BCUT2D eigenvalue weighted by Crippen LogP contribution is 2.37. The Balaban J connectivity index is 2.58. The highest BCUT2D eigenvalue weighted by Gasteiger charge is 2.40. The Morgan fingerprint density at radius 1 is 1.39 bits per heavy atom. The molecule has 0 N–H and O–H groups in total. The monoisotopic (exact) mass is 280 g/mol. The number of pyridine rings is 1. The molecule has 1 saturated heterocycles. The first-order valence-electron chi connectivity index (χ1n) is 5.26. The van der Waals surface area contributed by atoms with Crippen LogP contribution in [0.25, 0.3) is 0 Å². The Kier molecular flexibility index (Phi) is 3.00. The first-order chi connectivity index (χ1) is 8.22. The van der Waals surface area contributed by atoms with Gasteiger partial charge in [-0.05, 0) is 25.0 Å². The summed E-state index contributed by atoms with van der Waals surface area (Å²) >= 11 is 0. The number of hydrogen-bond acceptors (Lipinski definition) is 3. The first kappa shape index (κ1) is 13.1. The van der Waals surface area contributed by atoms with Crippen LogP contribution in [0.5, 0.6) is 0 Å². The smallest absolute Gasteiger partial charge is 0.253 e. The van der Waals surface area contributed by atoms with Crippen molar-refractivity contribution >= 4 is 15.8 Å². The highest BCUT2D eigenvalue weighted by atomic mass is 32.2. The van der Waals surface area contributed by atoms with Crippen LogP contribution in [0.15, 0.2) is 12.3 Å². The SMILES string of the molecule is Cc1cnc(N2CCCS2(=O)=O)c(C(F)(F)F)c1. The molecule has 0 amide bonds. The molecule has 0 spiro atoms. The van der Waals surface area contributed by atoms with Gasteiger partial charge >= 0.3 is 6.18 Å². The lowest BCUT2D eigenvalue weighted by Crippen LogP contribution is -2.28. The van der Waals surface area contributed by atoms with Crippen molar-refractivity contribution in [2.24, 2.45) is 0 Å². The van der Waals surface area contributed by atoms with Gasteiger partial charge in [0.05, 0.1) is 11.3 Å². The van der Waals surface area contributed by atoms with Crippen LogP contribution < -0.4 is 4.31 Å². The molecule has 2 heterocycles. The molecule has 18 heavy (non-hydrogen) atoms. The maximum Gasteiger partial charge on any atom is 0.420 e. The second-order valence-corrected chi connectivity index (χ2v) is 6.14. The fourth-order valence-corrected chi connectivity index (χ4v) is 3.38. The van der Waals surface area contributed by atoms with E-state index in [1.807, 2.05) is 0 Å². The van der Waals surface area contributed by atoms with E-state index in [2.05, 4.69) is 4.98 Å². The number of aromatic nitrogens is 1. The lowest BCUT2D eigenvalue weighted by molar-refractivity contribution is -0.137. The van der Waals surface area contributed by atoms with Crippen molar-refractivity contribution in [3.8, 4) is 0 Å². The molecule has 0 atom stereocenters. The van der Waals surface area contributed by atoms with Gasteiger partial charge < -0.3 is 0 Å². The van der Waals surface area contributed by atoms with Crippen molar-refractivity contribution in [1.29, 1.82) is 0 Å². The number of aryl methyl sites for hydroxylation is 1. The number of hydrogen-bond donors (Lipinski definition) is 0. The normalized spacial score (nSPS) is 19.2. The Morgan fingerprint density at radius 2 is 2.06 bits per heavy atom. The summed E-state index contributed by atoms with van der Waals surface area (Å²) in [6, 6.07) is 0.913. The third-order valence-corrected chi connectivity index (χ3v) is 4.48. The van der Waals surface area contributed by atoms with E-state index in [1.54, 1.807) is 0 Å². The summed E-state index contributed by atoms with van der Waals surface area (Å²) < 4.78 is 62.7. The van der Waals surface area contributed by atoms with Crippen molar-refractivity contribution in [2.75, 3.05) is 16.6 Å². The minimum absolute atomic E-state index is 0.0431. The topological polar surface area (TPSA) is 50.3 Å². The molecule has 100 valence electrons. The summed E-state index contributed by atoms with van der Waals surface area (Å²) in [5.41, 5.74) is -0.671. The summed E-state index contributed by atoms with van der Waals surface area (Å²) in [4.78, 5) is 3.65. The van der Waals surface area contributed by atoms with Gasteiger partial charge in [-0.1, -0.05) is 0 Å². The number of sulfonamides is 1. The number of alkyl halides is 3. The Hall–Kier alpha value is -1.31. The highest BCUT2D eigenvalue weighted by molar-refractivity contribution is 7.93. The molecule has 0 unspecified atom stereocenters. The average Bonchev–Trinajstić information content (AvgIpc) is 2.57. The molecule has 1 aromatic rings. The minimum atomic E-state index is -4.62. The average molecular weight is 280 g/mol. The van der Waals surface area contributed by atoms with E-state index in [9.17, 15) is 21.6 Å². The van der Waals surface area contributed by atoms with E-state index in [0.717, 1.165) is 10.4 Å². The molecule has 4 nitrogen and oxygen atoms in total. The molecule has 0 radical (unpaired) electrons. The van der Waals surface area contributed by atoms with Gasteiger partial charge in [0.15, 0.2) is 5.82 Å². The van der Waals surface area contributed by atoms with Gasteiger partial charge in [-0.3, -0.25) is 4.31 Å². The third-order valence-electron chi connectivity index (χ3n) is 2.64. The minimum Gasteiger partial charge on any atom is -0.253 e. The summed E-state index contributed by atoms with van der Waals surface area (Å²) in [6.45, 7) is 1.52. The standard InChI is InChI=1S/C10H11F3N2O2S/c1-7-5-8(10(11,12)13)9(14-6-7)15-3-2-4-18(15,16)17/h5-6H,2-4H2,1H3. The lowest BCUT2D eigenvalue weighted by atomic mass is 10.2. The largest absolute Gasteiger partial charge is 0.420 e. The molecule has 1 aromatic heterocycles. The maximum absolute atomic E-state index is 12.9. The number of anilines is 1. The van der Waals surface area contributed by atoms with E-state index in [0.29, 0.717) is 12.0 Å². The molecule has 1 aliphatic rings. The molecule has 0 saturated carbocycles. The van der Waals surface area contributed by atoms with E-state index < -0.39 is 27.6 Å². The van der Waals surface area contributed by atoms with Crippen molar-refractivity contribution < 1.29 is 21.6 Å². The van der Waals surface area contributed by atoms with Gasteiger partial charge in [0.1, 0.15) is 0 Å². The van der Waals surface area contributed by atoms with Gasteiger partial charge in [0.2, 0.25) is 10.0 Å². The zero-order chi connectivity index (χ0) is 13.6. The quantitative estimate of drug-likeness (QED) is 0.790. The number of halogens is 3. The van der Waals surface area contributed by atoms with E-state index in [-0.39, 0.29) is 12.3 Å². The van der Waals surface area contributed by atoms with Gasteiger partial charge in [-0.25, -0.2) is 13.4 Å². The molecule has 1 aliphatic heterocycles. The summed E-state index contributed by atoms with van der Waals surface area (Å²) in [5, 5.41) is 0. The van der Waals surface area contributed by atoms with E-state index in [4.69, 9.17) is 0 Å². The van der Waals surface area contributed by atoms with E-state index >= 15 is 0 Å². The molecule has 2 rings (SSSR count). The van der Waals surface area contributed by atoms with Crippen LogP contribution in [0.4, 0.5) is 19.0 Å². The van der Waals surface area contributed by atoms with Crippen molar-refractivity contribution in [1.82, 2.24) is 4.98 Å². The molecule has 0 bridgehead atoms. The third kappa shape index (κ3) is 2.29. The first-order valence-corrected chi connectivity index (χ1v) is 6.87. The number of rotatable bonds is 1. The van der Waals surface area contributed by atoms with Crippen molar-refractivity contribution in [3.05, 3.63) is 23.4 Å². The van der Waals surface area contributed by atoms with Gasteiger partial charge in [-0.2, -0.15) is 13.2 Å². The second kappa shape index (κ2) is 4.11. The Bertz CT molecular complexity index is 569. The van der Waals surface area contributed by atoms with Crippen LogP contribution in [0.3, 0.4) is 0 Å². The zero-order valence-electron chi connectivity index (χ0n) is 9.53. The predicted molar refractivity (Wildman–Crippen MR) is 59.7 cm³/mol. The van der Waals surface area contributed by atoms with Crippen LogP contribution in [0.2, 0.25) is 0 Å². The predicted octanol–water partition coefficient (Wildman–Crippen LogP) is 1.95. The maximum atomic E-state index is 12.9. The molecular weight excluding hydrogens is 269 g/mol. The van der Waals surface area contributed by atoms with E-state index in [1.165, 1.54) is 13.1 Å². The summed E-state index contributed by atoms with van der Waals surface area (Å²) in [6.07, 6.45) is -3.07. The summed E-state index contributed by atoms with van der Waals surface area (Å²) in [7, 11) is -3.66. The fraction of sp³-hybridized carbons (Fsp3) is 0.500. The molecule has 8 heteroatoms. The van der Waals surface area contributed by atoms with Crippen LogP contribution in [0.1, 0.15) is 17.5 Å². The van der Waals surface area contributed by atoms with Crippen LogP contribution in [-0.2, 0) is 16.2 Å². The van der Waals surface area contributed by atoms with Crippen molar-refractivity contribution in [3.63, 3.8) is 0 Å². The van der Waals surface area contributed by atoms with Crippen LogP contribution in [-0.4, -0.2) is 25.7 Å². The fourth-order valence-electron chi connectivity index (χ4n) is 1.85. The second-order valence-electron chi connectivity index (χ2n) is 4.12. The van der Waals surface area contributed by atoms with Gasteiger partial charge in [0.25, 0.3) is 0 Å². The molecular formula is C10H11F3N2O2S. The molecule has 0 aromatic carbocycles. The van der Waals surface area contributed by atoms with Crippen LogP contribution >= 0.6 is 0 Å². The van der Waals surface area contributed by atoms with Crippen molar-refractivity contribution in [2.45, 2.75) is 19.5 Å². The number of nitrogens with zero attached hydrogens (tertiary/aromatic N) is 2. The molecule has 0 aliphatic carbocycles. The Morgan fingerprint density at radius 3 is 2.56 bits per heavy atom. The van der Waals surface area contributed by atoms with Crippen LogP contribution in [0, 0.1) is 6.92 Å². The van der Waals surface area contributed by atoms with Gasteiger partial charge in [0, 0.05) is 12.7 Å².